The summed E-state index contributed by atoms with van der Waals surface area (Å²) < 4.78 is 13.3. The molecule has 2 aromatic rings. The first kappa shape index (κ1) is 10.7. The van der Waals surface area contributed by atoms with Crippen molar-refractivity contribution in [3.05, 3.63) is 59.9 Å². The molecule has 1 atom stereocenters. The summed E-state index contributed by atoms with van der Waals surface area (Å²) in [7, 11) is 0. The molecule has 2 aromatic heterocycles. The van der Waals surface area contributed by atoms with Gasteiger partial charge >= 0.3 is 0 Å². The number of halogens is 1. The molecule has 0 radical (unpaired) electrons. The molecule has 0 aliphatic rings. The van der Waals surface area contributed by atoms with Crippen LogP contribution >= 0.6 is 0 Å². The summed E-state index contributed by atoms with van der Waals surface area (Å²) in [6.07, 6.45) is 5.36. The molecule has 1 unspecified atom stereocenters. The molecule has 0 aromatic carbocycles. The normalized spacial score (nSPS) is 12.4. The van der Waals surface area contributed by atoms with E-state index in [-0.39, 0.29) is 5.56 Å². The summed E-state index contributed by atoms with van der Waals surface area (Å²) >= 11 is 0. The molecule has 0 fully saturated rings. The standard InChI is InChI=1S/C12H11FN2O/c13-11-8-15-6-3-10(11)12(16)7-9-1-4-14-5-2-9/h1-6,8,12,16H,7H2. The molecule has 0 bridgehead atoms. The van der Waals surface area contributed by atoms with Gasteiger partial charge in [-0.3, -0.25) is 9.97 Å². The van der Waals surface area contributed by atoms with Crippen molar-refractivity contribution in [2.45, 2.75) is 12.5 Å². The number of pyridine rings is 2. The Morgan fingerprint density at radius 3 is 2.50 bits per heavy atom. The van der Waals surface area contributed by atoms with E-state index in [1.807, 2.05) is 0 Å². The molecule has 0 aliphatic heterocycles. The van der Waals surface area contributed by atoms with Crippen molar-refractivity contribution in [2.24, 2.45) is 0 Å². The van der Waals surface area contributed by atoms with E-state index in [4.69, 9.17) is 0 Å². The van der Waals surface area contributed by atoms with E-state index in [1.54, 1.807) is 24.5 Å². The lowest BCUT2D eigenvalue weighted by Crippen LogP contribution is -2.04. The molecule has 82 valence electrons. The van der Waals surface area contributed by atoms with Crippen molar-refractivity contribution in [1.82, 2.24) is 9.97 Å². The lowest BCUT2D eigenvalue weighted by Gasteiger charge is -2.11. The quantitative estimate of drug-likeness (QED) is 0.855. The number of hydrogen-bond donors (Lipinski definition) is 1. The Morgan fingerprint density at radius 2 is 1.81 bits per heavy atom. The van der Waals surface area contributed by atoms with E-state index in [2.05, 4.69) is 9.97 Å². The smallest absolute Gasteiger partial charge is 0.147 e. The van der Waals surface area contributed by atoms with Gasteiger partial charge in [0.25, 0.3) is 0 Å². The minimum absolute atomic E-state index is 0.270. The molecule has 3 nitrogen and oxygen atoms in total. The van der Waals surface area contributed by atoms with E-state index in [0.717, 1.165) is 11.8 Å². The average Bonchev–Trinajstić information content (AvgIpc) is 2.31. The zero-order chi connectivity index (χ0) is 11.4. The topological polar surface area (TPSA) is 46.0 Å². The van der Waals surface area contributed by atoms with Crippen LogP contribution in [-0.4, -0.2) is 15.1 Å². The Balaban J connectivity index is 2.15. The molecule has 2 heterocycles. The fourth-order valence-electron chi connectivity index (χ4n) is 1.51. The van der Waals surface area contributed by atoms with Crippen LogP contribution in [0, 0.1) is 5.82 Å². The third kappa shape index (κ3) is 2.41. The number of rotatable bonds is 3. The van der Waals surface area contributed by atoms with Crippen LogP contribution in [0.4, 0.5) is 4.39 Å². The summed E-state index contributed by atoms with van der Waals surface area (Å²) in [4.78, 5) is 7.52. The van der Waals surface area contributed by atoms with Crippen LogP contribution in [0.2, 0.25) is 0 Å². The zero-order valence-electron chi connectivity index (χ0n) is 8.55. The van der Waals surface area contributed by atoms with Gasteiger partial charge in [0.1, 0.15) is 5.82 Å². The van der Waals surface area contributed by atoms with Crippen LogP contribution < -0.4 is 0 Å². The van der Waals surface area contributed by atoms with Gasteiger partial charge in [-0.15, -0.1) is 0 Å². The van der Waals surface area contributed by atoms with Crippen LogP contribution in [0.1, 0.15) is 17.2 Å². The van der Waals surface area contributed by atoms with Crippen LogP contribution in [0.3, 0.4) is 0 Å². The molecule has 4 heteroatoms. The Bertz CT molecular complexity index is 462. The first-order valence-electron chi connectivity index (χ1n) is 4.94. The zero-order valence-corrected chi connectivity index (χ0v) is 8.55. The Kier molecular flexibility index (Phi) is 3.22. The van der Waals surface area contributed by atoms with E-state index < -0.39 is 11.9 Å². The highest BCUT2D eigenvalue weighted by molar-refractivity contribution is 5.20. The number of aliphatic hydroxyl groups excluding tert-OH is 1. The molecule has 0 amide bonds. The third-order valence-electron chi connectivity index (χ3n) is 2.34. The third-order valence-corrected chi connectivity index (χ3v) is 2.34. The average molecular weight is 218 g/mol. The van der Waals surface area contributed by atoms with Crippen molar-refractivity contribution in [2.75, 3.05) is 0 Å². The fourth-order valence-corrected chi connectivity index (χ4v) is 1.51. The van der Waals surface area contributed by atoms with Crippen LogP contribution in [0.15, 0.2) is 43.0 Å². The summed E-state index contributed by atoms with van der Waals surface area (Å²) in [6.45, 7) is 0. The predicted molar refractivity (Wildman–Crippen MR) is 57.1 cm³/mol. The molecule has 16 heavy (non-hydrogen) atoms. The largest absolute Gasteiger partial charge is 0.388 e. The van der Waals surface area contributed by atoms with Gasteiger partial charge in [-0.1, -0.05) is 0 Å². The highest BCUT2D eigenvalue weighted by atomic mass is 19.1. The molecular weight excluding hydrogens is 207 g/mol. The van der Waals surface area contributed by atoms with Gasteiger partial charge in [0.15, 0.2) is 0 Å². The number of hydrogen-bond acceptors (Lipinski definition) is 3. The second kappa shape index (κ2) is 4.81. The van der Waals surface area contributed by atoms with Crippen molar-refractivity contribution in [3.8, 4) is 0 Å². The van der Waals surface area contributed by atoms with Crippen molar-refractivity contribution in [3.63, 3.8) is 0 Å². The van der Waals surface area contributed by atoms with Gasteiger partial charge in [-0.25, -0.2) is 4.39 Å². The summed E-state index contributed by atoms with van der Waals surface area (Å²) in [5.74, 6) is -0.482. The van der Waals surface area contributed by atoms with Gasteiger partial charge in [-0.05, 0) is 23.8 Å². The Hall–Kier alpha value is -1.81. The van der Waals surface area contributed by atoms with E-state index >= 15 is 0 Å². The van der Waals surface area contributed by atoms with E-state index in [1.165, 1.54) is 12.3 Å². The maximum atomic E-state index is 13.3. The molecule has 0 saturated heterocycles. The summed E-state index contributed by atoms with van der Waals surface area (Å²) in [5.41, 5.74) is 1.19. The molecule has 0 aliphatic carbocycles. The minimum Gasteiger partial charge on any atom is -0.388 e. The Morgan fingerprint density at radius 1 is 1.12 bits per heavy atom. The maximum Gasteiger partial charge on any atom is 0.147 e. The highest BCUT2D eigenvalue weighted by Gasteiger charge is 2.12. The lowest BCUT2D eigenvalue weighted by atomic mass is 10.0. The van der Waals surface area contributed by atoms with Gasteiger partial charge in [0.2, 0.25) is 0 Å². The maximum absolute atomic E-state index is 13.3. The van der Waals surface area contributed by atoms with E-state index in [9.17, 15) is 9.50 Å². The van der Waals surface area contributed by atoms with Crippen LogP contribution in [0.5, 0.6) is 0 Å². The molecule has 0 spiro atoms. The van der Waals surface area contributed by atoms with E-state index in [0.29, 0.717) is 6.42 Å². The molecule has 1 N–H and O–H groups in total. The second-order valence-electron chi connectivity index (χ2n) is 3.47. The van der Waals surface area contributed by atoms with Crippen LogP contribution in [0.25, 0.3) is 0 Å². The second-order valence-corrected chi connectivity index (χ2v) is 3.47. The lowest BCUT2D eigenvalue weighted by molar-refractivity contribution is 0.173. The van der Waals surface area contributed by atoms with Crippen molar-refractivity contribution in [1.29, 1.82) is 0 Å². The van der Waals surface area contributed by atoms with Gasteiger partial charge < -0.3 is 5.11 Å². The fraction of sp³-hybridized carbons (Fsp3) is 0.167. The van der Waals surface area contributed by atoms with Gasteiger partial charge in [-0.2, -0.15) is 0 Å². The van der Waals surface area contributed by atoms with Gasteiger partial charge in [0, 0.05) is 30.6 Å². The Labute approximate surface area is 92.6 Å². The number of nitrogens with zero attached hydrogens (tertiary/aromatic N) is 2. The highest BCUT2D eigenvalue weighted by Crippen LogP contribution is 2.19. The monoisotopic (exact) mass is 218 g/mol. The minimum atomic E-state index is -0.856. The predicted octanol–water partition coefficient (Wildman–Crippen LogP) is 1.89. The van der Waals surface area contributed by atoms with Gasteiger partial charge in [0.05, 0.1) is 12.3 Å². The first-order chi connectivity index (χ1) is 7.77. The molecule has 0 saturated carbocycles. The number of aliphatic hydroxyl groups is 1. The summed E-state index contributed by atoms with van der Waals surface area (Å²) in [5, 5.41) is 9.87. The van der Waals surface area contributed by atoms with Crippen molar-refractivity contribution >= 4 is 0 Å². The van der Waals surface area contributed by atoms with Crippen LogP contribution in [-0.2, 0) is 6.42 Å². The summed E-state index contributed by atoms with van der Waals surface area (Å²) in [6, 6.07) is 5.08. The molecular formula is C12H11FN2O. The number of aromatic nitrogens is 2. The SMILES string of the molecule is OC(Cc1ccncc1)c1ccncc1F. The first-order valence-corrected chi connectivity index (χ1v) is 4.94. The van der Waals surface area contributed by atoms with Crippen molar-refractivity contribution < 1.29 is 9.50 Å². The molecule has 2 rings (SSSR count).